The van der Waals surface area contributed by atoms with Crippen molar-refractivity contribution in [1.29, 1.82) is 5.26 Å². The first kappa shape index (κ1) is 20.6. The van der Waals surface area contributed by atoms with E-state index in [4.69, 9.17) is 4.74 Å². The number of amides is 1. The SMILES string of the molecule is COC(=O)[C@H]1Cc2ccccc2CN1CCC(=O)Nc1sc2c(c1C#N)CCCC2. The molecule has 4 rings (SSSR count). The van der Waals surface area contributed by atoms with Gasteiger partial charge in [-0.3, -0.25) is 14.5 Å². The molecule has 2 heterocycles. The van der Waals surface area contributed by atoms with Gasteiger partial charge in [-0.25, -0.2) is 0 Å². The summed E-state index contributed by atoms with van der Waals surface area (Å²) in [5.74, 6) is -0.407. The molecule has 0 saturated carbocycles. The van der Waals surface area contributed by atoms with E-state index in [0.717, 1.165) is 36.8 Å². The van der Waals surface area contributed by atoms with Gasteiger partial charge in [0, 0.05) is 24.4 Å². The van der Waals surface area contributed by atoms with E-state index in [0.29, 0.717) is 30.1 Å². The number of rotatable bonds is 5. The van der Waals surface area contributed by atoms with Crippen molar-refractivity contribution < 1.29 is 14.3 Å². The number of hydrogen-bond donors (Lipinski definition) is 1. The number of carbonyl (C=O) groups excluding carboxylic acids is 2. The van der Waals surface area contributed by atoms with Crippen molar-refractivity contribution in [3.8, 4) is 6.07 Å². The maximum Gasteiger partial charge on any atom is 0.323 e. The van der Waals surface area contributed by atoms with E-state index in [-0.39, 0.29) is 24.3 Å². The fourth-order valence-electron chi connectivity index (χ4n) is 4.39. The van der Waals surface area contributed by atoms with Gasteiger partial charge in [-0.15, -0.1) is 11.3 Å². The van der Waals surface area contributed by atoms with Crippen LogP contribution in [0.25, 0.3) is 0 Å². The van der Waals surface area contributed by atoms with Gasteiger partial charge in [-0.05, 0) is 48.8 Å². The van der Waals surface area contributed by atoms with Gasteiger partial charge in [-0.2, -0.15) is 5.26 Å². The topological polar surface area (TPSA) is 82.4 Å². The van der Waals surface area contributed by atoms with E-state index < -0.39 is 0 Å². The maximum absolute atomic E-state index is 12.7. The highest BCUT2D eigenvalue weighted by molar-refractivity contribution is 7.16. The molecular formula is C23H25N3O3S. The third kappa shape index (κ3) is 4.11. The number of esters is 1. The Kier molecular flexibility index (Phi) is 6.16. The molecule has 1 aromatic heterocycles. The molecule has 7 heteroatoms. The Morgan fingerprint density at radius 1 is 1.27 bits per heavy atom. The molecule has 1 atom stereocenters. The van der Waals surface area contributed by atoms with Crippen molar-refractivity contribution in [1.82, 2.24) is 4.90 Å². The molecule has 2 aromatic rings. The van der Waals surface area contributed by atoms with Crippen LogP contribution >= 0.6 is 11.3 Å². The second-order valence-corrected chi connectivity index (χ2v) is 8.91. The van der Waals surface area contributed by atoms with E-state index in [1.165, 1.54) is 28.9 Å². The fraction of sp³-hybridized carbons (Fsp3) is 0.435. The summed E-state index contributed by atoms with van der Waals surface area (Å²) in [6.07, 6.45) is 4.97. The Bertz CT molecular complexity index is 1010. The van der Waals surface area contributed by atoms with Gasteiger partial charge in [0.05, 0.1) is 12.7 Å². The Morgan fingerprint density at radius 2 is 2.03 bits per heavy atom. The zero-order chi connectivity index (χ0) is 21.1. The van der Waals surface area contributed by atoms with E-state index >= 15 is 0 Å². The van der Waals surface area contributed by atoms with Gasteiger partial charge >= 0.3 is 5.97 Å². The van der Waals surface area contributed by atoms with Gasteiger partial charge in [0.15, 0.2) is 0 Å². The van der Waals surface area contributed by atoms with Crippen LogP contribution in [0.1, 0.15) is 46.4 Å². The van der Waals surface area contributed by atoms with Crippen molar-refractivity contribution >= 4 is 28.2 Å². The fourth-order valence-corrected chi connectivity index (χ4v) is 5.64. The molecule has 156 valence electrons. The summed E-state index contributed by atoms with van der Waals surface area (Å²) in [6.45, 7) is 1.06. The number of nitrogens with zero attached hydrogens (tertiary/aromatic N) is 2. The number of ether oxygens (including phenoxy) is 1. The molecule has 1 aliphatic heterocycles. The van der Waals surface area contributed by atoms with Crippen LogP contribution in [0, 0.1) is 11.3 Å². The minimum Gasteiger partial charge on any atom is -0.468 e. The van der Waals surface area contributed by atoms with Crippen molar-refractivity contribution in [2.75, 3.05) is 19.0 Å². The van der Waals surface area contributed by atoms with Crippen molar-refractivity contribution in [3.63, 3.8) is 0 Å². The van der Waals surface area contributed by atoms with Crippen LogP contribution in [0.15, 0.2) is 24.3 Å². The molecule has 0 radical (unpaired) electrons. The third-order valence-corrected chi connectivity index (χ3v) is 7.19. The monoisotopic (exact) mass is 423 g/mol. The molecule has 1 amide bonds. The molecule has 1 aromatic carbocycles. The average Bonchev–Trinajstić information content (AvgIpc) is 3.13. The van der Waals surface area contributed by atoms with Crippen LogP contribution in [-0.4, -0.2) is 36.5 Å². The second-order valence-electron chi connectivity index (χ2n) is 7.81. The number of anilines is 1. The number of benzene rings is 1. The molecule has 30 heavy (non-hydrogen) atoms. The molecule has 6 nitrogen and oxygen atoms in total. The van der Waals surface area contributed by atoms with Crippen molar-refractivity contribution in [2.24, 2.45) is 0 Å². The highest BCUT2D eigenvalue weighted by Crippen LogP contribution is 2.37. The van der Waals surface area contributed by atoms with Gasteiger partial charge in [0.2, 0.25) is 5.91 Å². The smallest absolute Gasteiger partial charge is 0.323 e. The Hall–Kier alpha value is -2.69. The van der Waals surface area contributed by atoms with Gasteiger partial charge in [-0.1, -0.05) is 24.3 Å². The van der Waals surface area contributed by atoms with Crippen LogP contribution in [0.5, 0.6) is 0 Å². The lowest BCUT2D eigenvalue weighted by atomic mass is 9.94. The number of nitriles is 1. The van der Waals surface area contributed by atoms with Crippen molar-refractivity contribution in [2.45, 2.75) is 51.1 Å². The molecule has 0 spiro atoms. The number of methoxy groups -OCH3 is 1. The number of nitrogens with one attached hydrogen (secondary N) is 1. The second kappa shape index (κ2) is 8.99. The first-order chi connectivity index (χ1) is 14.6. The van der Waals surface area contributed by atoms with Crippen LogP contribution in [0.2, 0.25) is 0 Å². The normalized spacial score (nSPS) is 18.1. The number of fused-ring (bicyclic) bond motifs is 2. The molecule has 2 aliphatic rings. The number of thiophene rings is 1. The standard InChI is InChI=1S/C23H25N3O3S/c1-29-23(28)19-12-15-6-2-3-7-16(15)14-26(19)11-10-21(27)25-22-18(13-24)17-8-4-5-9-20(17)30-22/h2-3,6-7,19H,4-5,8-12,14H2,1H3,(H,25,27)/t19-/m1/s1. The van der Waals surface area contributed by atoms with Gasteiger partial charge < -0.3 is 10.1 Å². The predicted octanol–water partition coefficient (Wildman–Crippen LogP) is 3.43. The van der Waals surface area contributed by atoms with E-state index in [1.807, 2.05) is 23.1 Å². The summed E-state index contributed by atoms with van der Waals surface area (Å²) >= 11 is 1.53. The highest BCUT2D eigenvalue weighted by Gasteiger charge is 2.32. The summed E-state index contributed by atoms with van der Waals surface area (Å²) in [5.41, 5.74) is 4.07. The minimum absolute atomic E-state index is 0.132. The zero-order valence-corrected chi connectivity index (χ0v) is 17.9. The lowest BCUT2D eigenvalue weighted by molar-refractivity contribution is -0.148. The van der Waals surface area contributed by atoms with Crippen LogP contribution in [0.3, 0.4) is 0 Å². The first-order valence-corrected chi connectivity index (χ1v) is 11.2. The first-order valence-electron chi connectivity index (χ1n) is 10.3. The molecule has 1 aliphatic carbocycles. The summed E-state index contributed by atoms with van der Waals surface area (Å²) in [5, 5.41) is 13.2. The van der Waals surface area contributed by atoms with E-state index in [1.54, 1.807) is 0 Å². The Labute approximate surface area is 180 Å². The number of aryl methyl sites for hydroxylation is 1. The minimum atomic E-state index is -0.388. The lowest BCUT2D eigenvalue weighted by Crippen LogP contribution is -2.47. The lowest BCUT2D eigenvalue weighted by Gasteiger charge is -2.34. The third-order valence-electron chi connectivity index (χ3n) is 5.98. The Balaban J connectivity index is 1.43. The van der Waals surface area contributed by atoms with Gasteiger partial charge in [0.25, 0.3) is 0 Å². The van der Waals surface area contributed by atoms with Crippen LogP contribution in [0.4, 0.5) is 5.00 Å². The highest BCUT2D eigenvalue weighted by atomic mass is 32.1. The average molecular weight is 424 g/mol. The van der Waals surface area contributed by atoms with E-state index in [2.05, 4.69) is 17.5 Å². The van der Waals surface area contributed by atoms with Crippen molar-refractivity contribution in [3.05, 3.63) is 51.4 Å². The summed E-state index contributed by atoms with van der Waals surface area (Å²) < 4.78 is 5.00. The molecular weight excluding hydrogens is 398 g/mol. The molecule has 0 unspecified atom stereocenters. The Morgan fingerprint density at radius 3 is 2.80 bits per heavy atom. The predicted molar refractivity (Wildman–Crippen MR) is 115 cm³/mol. The number of carbonyl (C=O) groups is 2. The quantitative estimate of drug-likeness (QED) is 0.745. The summed E-state index contributed by atoms with van der Waals surface area (Å²) in [7, 11) is 1.40. The number of hydrogen-bond acceptors (Lipinski definition) is 6. The molecule has 0 bridgehead atoms. The molecule has 1 N–H and O–H groups in total. The van der Waals surface area contributed by atoms with E-state index in [9.17, 15) is 14.9 Å². The van der Waals surface area contributed by atoms with Gasteiger partial charge in [0.1, 0.15) is 17.1 Å². The van der Waals surface area contributed by atoms with Crippen LogP contribution < -0.4 is 5.32 Å². The molecule has 0 fully saturated rings. The maximum atomic E-state index is 12.7. The summed E-state index contributed by atoms with van der Waals surface area (Å²) in [4.78, 5) is 28.2. The largest absolute Gasteiger partial charge is 0.468 e. The van der Waals surface area contributed by atoms with Crippen LogP contribution in [-0.2, 0) is 40.1 Å². The molecule has 0 saturated heterocycles. The zero-order valence-electron chi connectivity index (χ0n) is 17.1. The summed E-state index contributed by atoms with van der Waals surface area (Å²) in [6, 6.07) is 9.96.